The zero-order valence-electron chi connectivity index (χ0n) is 9.31. The van der Waals surface area contributed by atoms with Crippen molar-refractivity contribution in [1.82, 2.24) is 4.67 Å². The van der Waals surface area contributed by atoms with E-state index in [0.717, 1.165) is 0 Å². The first-order valence-electron chi connectivity index (χ1n) is 5.01. The molecule has 8 heteroatoms. The molecule has 0 heterocycles. The van der Waals surface area contributed by atoms with Gasteiger partial charge >= 0.3 is 13.7 Å². The van der Waals surface area contributed by atoms with E-state index in [1.54, 1.807) is 30.3 Å². The summed E-state index contributed by atoms with van der Waals surface area (Å²) in [7, 11) is -4.70. The van der Waals surface area contributed by atoms with Crippen molar-refractivity contribution in [3.63, 3.8) is 0 Å². The van der Waals surface area contributed by atoms with Gasteiger partial charge in [-0.2, -0.15) is 4.67 Å². The van der Waals surface area contributed by atoms with Gasteiger partial charge in [-0.3, -0.25) is 4.79 Å². The summed E-state index contributed by atoms with van der Waals surface area (Å²) in [6.07, 6.45) is -0.0337. The summed E-state index contributed by atoms with van der Waals surface area (Å²) in [5.74, 6) is -1.33. The van der Waals surface area contributed by atoms with E-state index < -0.39 is 25.8 Å². The monoisotopic (exact) mass is 293 g/mol. The van der Waals surface area contributed by atoms with Crippen LogP contribution in [0.25, 0.3) is 0 Å². The van der Waals surface area contributed by atoms with E-state index in [2.05, 4.69) is 0 Å². The normalized spacial score (nSPS) is 13.6. The Hall–Kier alpha value is -0.910. The van der Waals surface area contributed by atoms with Gasteiger partial charge in [-0.25, -0.2) is 4.57 Å². The van der Waals surface area contributed by atoms with Gasteiger partial charge < -0.3 is 14.9 Å². The molecule has 0 aliphatic rings. The van der Waals surface area contributed by atoms with E-state index >= 15 is 0 Å². The average molecular weight is 294 g/mol. The molecule has 1 aromatic rings. The fraction of sp³-hybridized carbons (Fsp3) is 0.300. The van der Waals surface area contributed by atoms with Crippen molar-refractivity contribution < 1.29 is 24.3 Å². The van der Waals surface area contributed by atoms with Gasteiger partial charge in [0.2, 0.25) is 0 Å². The van der Waals surface area contributed by atoms with Crippen LogP contribution in [0.1, 0.15) is 5.56 Å². The number of carboxylic acid groups (broad SMARTS) is 1. The van der Waals surface area contributed by atoms with E-state index in [0.29, 0.717) is 10.2 Å². The summed E-state index contributed by atoms with van der Waals surface area (Å²) in [6, 6.07) is 6.64. The quantitative estimate of drug-likeness (QED) is 0.415. The molecule has 0 saturated carbocycles. The van der Waals surface area contributed by atoms with Crippen LogP contribution < -0.4 is 0 Å². The smallest absolute Gasteiger partial charge is 0.404 e. The molecule has 100 valence electrons. The topological polar surface area (TPSA) is 98.1 Å². The Morgan fingerprint density at radius 1 is 1.33 bits per heavy atom. The highest BCUT2D eigenvalue weighted by atomic mass is 35.5. The second-order valence-corrected chi connectivity index (χ2v) is 5.40. The molecular formula is C10H13ClNO5P. The first-order valence-corrected chi connectivity index (χ1v) is 7.11. The highest BCUT2D eigenvalue weighted by Gasteiger charge is 2.36. The van der Waals surface area contributed by atoms with Crippen LogP contribution >= 0.6 is 19.3 Å². The van der Waals surface area contributed by atoms with Gasteiger partial charge in [0, 0.05) is 0 Å². The molecule has 0 fully saturated rings. The van der Waals surface area contributed by atoms with Crippen LogP contribution in [0.4, 0.5) is 0 Å². The molecule has 0 radical (unpaired) electrons. The van der Waals surface area contributed by atoms with Gasteiger partial charge in [-0.15, -0.1) is 11.6 Å². The van der Waals surface area contributed by atoms with Gasteiger partial charge in [0.1, 0.15) is 6.04 Å². The number of benzene rings is 1. The second kappa shape index (κ2) is 6.31. The lowest BCUT2D eigenvalue weighted by atomic mass is 10.1. The predicted octanol–water partition coefficient (Wildman–Crippen LogP) is 1.27. The lowest BCUT2D eigenvalue weighted by Gasteiger charge is -2.26. The van der Waals surface area contributed by atoms with Crippen molar-refractivity contribution in [3.05, 3.63) is 35.9 Å². The first-order chi connectivity index (χ1) is 8.36. The molecule has 0 spiro atoms. The molecule has 3 N–H and O–H groups in total. The predicted molar refractivity (Wildman–Crippen MR) is 66.2 cm³/mol. The molecule has 1 atom stereocenters. The average Bonchev–Trinajstić information content (AvgIpc) is 2.28. The van der Waals surface area contributed by atoms with E-state index in [4.69, 9.17) is 26.5 Å². The van der Waals surface area contributed by atoms with E-state index in [9.17, 15) is 9.36 Å². The molecule has 0 amide bonds. The Morgan fingerprint density at radius 2 is 1.89 bits per heavy atom. The number of alkyl halides is 1. The fourth-order valence-electron chi connectivity index (χ4n) is 1.49. The number of rotatable bonds is 6. The zero-order valence-corrected chi connectivity index (χ0v) is 11.0. The lowest BCUT2D eigenvalue weighted by Crippen LogP contribution is -2.40. The SMILES string of the molecule is O=C(O)C(Cc1ccccc1)N(CCl)P(=O)(O)O. The molecule has 18 heavy (non-hydrogen) atoms. The molecule has 0 aliphatic heterocycles. The molecule has 6 nitrogen and oxygen atoms in total. The summed E-state index contributed by atoms with van der Waals surface area (Å²) in [5, 5.41) is 9.06. The second-order valence-electron chi connectivity index (χ2n) is 3.62. The van der Waals surface area contributed by atoms with Crippen LogP contribution in [-0.2, 0) is 15.8 Å². The number of aliphatic carboxylic acids is 1. The van der Waals surface area contributed by atoms with Crippen molar-refractivity contribution in [3.8, 4) is 0 Å². The Balaban J connectivity index is 2.96. The molecule has 0 bridgehead atoms. The van der Waals surface area contributed by atoms with Crippen LogP contribution in [0.5, 0.6) is 0 Å². The Kier molecular flexibility index (Phi) is 5.31. The van der Waals surface area contributed by atoms with Crippen molar-refractivity contribution in [1.29, 1.82) is 0 Å². The number of carboxylic acids is 1. The third-order valence-electron chi connectivity index (χ3n) is 2.37. The maximum absolute atomic E-state index is 11.2. The highest BCUT2D eigenvalue weighted by Crippen LogP contribution is 2.42. The maximum atomic E-state index is 11.2. The minimum atomic E-state index is -4.70. The van der Waals surface area contributed by atoms with Gasteiger partial charge in [0.15, 0.2) is 0 Å². The fourth-order valence-corrected chi connectivity index (χ4v) is 2.76. The molecular weight excluding hydrogens is 281 g/mol. The number of halogens is 1. The molecule has 1 rings (SSSR count). The van der Waals surface area contributed by atoms with Crippen LogP contribution in [0.3, 0.4) is 0 Å². The van der Waals surface area contributed by atoms with E-state index in [1.165, 1.54) is 0 Å². The van der Waals surface area contributed by atoms with Gasteiger partial charge in [-0.1, -0.05) is 30.3 Å². The van der Waals surface area contributed by atoms with Crippen molar-refractivity contribution in [2.24, 2.45) is 0 Å². The number of hydrogen-bond acceptors (Lipinski definition) is 2. The third kappa shape index (κ3) is 4.08. The van der Waals surface area contributed by atoms with Crippen LogP contribution in [0.2, 0.25) is 0 Å². The molecule has 0 aliphatic carbocycles. The summed E-state index contributed by atoms with van der Waals surface area (Å²) in [4.78, 5) is 29.2. The van der Waals surface area contributed by atoms with Crippen LogP contribution in [0.15, 0.2) is 30.3 Å². The van der Waals surface area contributed by atoms with Crippen LogP contribution in [0, 0.1) is 0 Å². The first kappa shape index (κ1) is 15.1. The van der Waals surface area contributed by atoms with Gasteiger partial charge in [0.25, 0.3) is 0 Å². The van der Waals surface area contributed by atoms with E-state index in [1.807, 2.05) is 0 Å². The third-order valence-corrected chi connectivity index (χ3v) is 3.89. The van der Waals surface area contributed by atoms with E-state index in [-0.39, 0.29) is 6.42 Å². The Bertz CT molecular complexity index is 449. The summed E-state index contributed by atoms with van der Waals surface area (Å²) in [6.45, 7) is 0. The number of hydrogen-bond donors (Lipinski definition) is 3. The minimum absolute atomic E-state index is 0.0337. The van der Waals surface area contributed by atoms with Crippen molar-refractivity contribution in [2.45, 2.75) is 12.5 Å². The minimum Gasteiger partial charge on any atom is -0.480 e. The number of carbonyl (C=O) groups is 1. The van der Waals surface area contributed by atoms with Gasteiger partial charge in [0.05, 0.1) is 6.00 Å². The Morgan fingerprint density at radius 3 is 2.28 bits per heavy atom. The van der Waals surface area contributed by atoms with Crippen molar-refractivity contribution in [2.75, 3.05) is 6.00 Å². The summed E-state index contributed by atoms with van der Waals surface area (Å²) < 4.78 is 11.6. The zero-order chi connectivity index (χ0) is 13.8. The largest absolute Gasteiger partial charge is 0.480 e. The number of nitrogens with zero attached hydrogens (tertiary/aromatic N) is 1. The lowest BCUT2D eigenvalue weighted by molar-refractivity contribution is -0.141. The molecule has 1 unspecified atom stereocenters. The molecule has 1 aromatic carbocycles. The van der Waals surface area contributed by atoms with Crippen molar-refractivity contribution >= 4 is 25.3 Å². The standard InChI is InChI=1S/C10H13ClNO5P/c11-7-12(18(15,16)17)9(10(13)14)6-8-4-2-1-3-5-8/h1-5,9H,6-7H2,(H,13,14)(H2,15,16,17). The molecule has 0 saturated heterocycles. The maximum Gasteiger partial charge on any atom is 0.404 e. The van der Waals surface area contributed by atoms with Gasteiger partial charge in [-0.05, 0) is 12.0 Å². The summed E-state index contributed by atoms with van der Waals surface area (Å²) in [5.41, 5.74) is 0.661. The van der Waals surface area contributed by atoms with Crippen LogP contribution in [-0.4, -0.2) is 37.6 Å². The summed E-state index contributed by atoms with van der Waals surface area (Å²) >= 11 is 5.43. The Labute approximate surface area is 109 Å². The highest BCUT2D eigenvalue weighted by molar-refractivity contribution is 7.49. The molecule has 0 aromatic heterocycles.